The predicted octanol–water partition coefficient (Wildman–Crippen LogP) is 2.82. The first-order valence-corrected chi connectivity index (χ1v) is 8.51. The van der Waals surface area contributed by atoms with Crippen molar-refractivity contribution < 1.29 is 14.4 Å². The Morgan fingerprint density at radius 1 is 1.24 bits per heavy atom. The first-order chi connectivity index (χ1) is 10.1. The van der Waals surface area contributed by atoms with Gasteiger partial charge in [-0.2, -0.15) is 0 Å². The van der Waals surface area contributed by atoms with E-state index < -0.39 is 16.9 Å². The number of rotatable bonds is 9. The molecular formula is C17H24O3S. The van der Waals surface area contributed by atoms with E-state index in [1.165, 1.54) is 0 Å². The van der Waals surface area contributed by atoms with Crippen LogP contribution in [0.3, 0.4) is 0 Å². The highest BCUT2D eigenvalue weighted by atomic mass is 32.2. The van der Waals surface area contributed by atoms with Crippen molar-refractivity contribution in [3.63, 3.8) is 0 Å². The maximum absolute atomic E-state index is 12.1. The second-order valence-electron chi connectivity index (χ2n) is 4.87. The molecule has 0 aliphatic rings. The Kier molecular flexibility index (Phi) is 8.90. The van der Waals surface area contributed by atoms with Crippen molar-refractivity contribution in [2.75, 3.05) is 12.4 Å². The summed E-state index contributed by atoms with van der Waals surface area (Å²) in [7, 11) is -1.18. The van der Waals surface area contributed by atoms with E-state index in [4.69, 9.17) is 5.11 Å². The zero-order valence-corrected chi connectivity index (χ0v) is 13.3. The predicted molar refractivity (Wildman–Crippen MR) is 87.6 cm³/mol. The van der Waals surface area contributed by atoms with E-state index in [-0.39, 0.29) is 12.4 Å². The standard InChI is InChI=1S/C17H24O3S/c1-15(10-6-3-2-4-9-13-18)17(19)14-21(20)16-11-7-5-8-12-16/h4-5,7-12,17-19H,2-3,6,13-14H2,1H3/b9-4+,15-10+. The van der Waals surface area contributed by atoms with Crippen molar-refractivity contribution in [2.45, 2.75) is 37.2 Å². The number of aliphatic hydroxyl groups excluding tert-OH is 2. The van der Waals surface area contributed by atoms with Gasteiger partial charge >= 0.3 is 0 Å². The van der Waals surface area contributed by atoms with Crippen LogP contribution in [0.2, 0.25) is 0 Å². The van der Waals surface area contributed by atoms with Gasteiger partial charge in [-0.15, -0.1) is 0 Å². The lowest BCUT2D eigenvalue weighted by atomic mass is 10.1. The molecule has 0 saturated carbocycles. The number of allylic oxidation sites excluding steroid dienone is 2. The zero-order chi connectivity index (χ0) is 15.5. The van der Waals surface area contributed by atoms with Crippen LogP contribution in [0.25, 0.3) is 0 Å². The van der Waals surface area contributed by atoms with E-state index in [1.54, 1.807) is 6.08 Å². The number of hydrogen-bond donors (Lipinski definition) is 2. The second-order valence-corrected chi connectivity index (χ2v) is 6.37. The Labute approximate surface area is 129 Å². The zero-order valence-electron chi connectivity index (χ0n) is 12.4. The van der Waals surface area contributed by atoms with Crippen molar-refractivity contribution in [3.8, 4) is 0 Å². The molecule has 0 aliphatic heterocycles. The first kappa shape index (κ1) is 17.8. The minimum atomic E-state index is -1.18. The molecular weight excluding hydrogens is 284 g/mol. The van der Waals surface area contributed by atoms with Gasteiger partial charge in [0, 0.05) is 4.90 Å². The molecule has 116 valence electrons. The molecule has 3 nitrogen and oxygen atoms in total. The molecule has 0 aliphatic carbocycles. The van der Waals surface area contributed by atoms with Gasteiger partial charge in [0.2, 0.25) is 0 Å². The molecule has 21 heavy (non-hydrogen) atoms. The normalized spacial score (nSPS) is 15.3. The molecule has 1 aromatic rings. The number of hydrogen-bond acceptors (Lipinski definition) is 3. The summed E-state index contributed by atoms with van der Waals surface area (Å²) in [5.74, 6) is 0.233. The number of unbranched alkanes of at least 4 members (excludes halogenated alkanes) is 2. The third kappa shape index (κ3) is 7.37. The van der Waals surface area contributed by atoms with Crippen LogP contribution in [-0.4, -0.2) is 32.9 Å². The molecule has 0 saturated heterocycles. The Morgan fingerprint density at radius 2 is 1.95 bits per heavy atom. The summed E-state index contributed by atoms with van der Waals surface area (Å²) >= 11 is 0. The van der Waals surface area contributed by atoms with Crippen LogP contribution in [0.4, 0.5) is 0 Å². The van der Waals surface area contributed by atoms with Crippen molar-refractivity contribution in [3.05, 3.63) is 54.1 Å². The summed E-state index contributed by atoms with van der Waals surface area (Å²) in [5, 5.41) is 18.7. The maximum Gasteiger partial charge on any atom is 0.0866 e. The Bertz CT molecular complexity index is 480. The summed E-state index contributed by atoms with van der Waals surface area (Å²) in [6.07, 6.45) is 7.77. The molecule has 4 heteroatoms. The minimum Gasteiger partial charge on any atom is -0.392 e. The summed E-state index contributed by atoms with van der Waals surface area (Å²) in [6, 6.07) is 9.21. The fraction of sp³-hybridized carbons (Fsp3) is 0.412. The average Bonchev–Trinajstić information content (AvgIpc) is 2.51. The van der Waals surface area contributed by atoms with E-state index in [0.717, 1.165) is 29.7 Å². The van der Waals surface area contributed by atoms with E-state index in [2.05, 4.69) is 0 Å². The van der Waals surface area contributed by atoms with E-state index >= 15 is 0 Å². The molecule has 2 atom stereocenters. The summed E-state index contributed by atoms with van der Waals surface area (Å²) in [6.45, 7) is 1.95. The van der Waals surface area contributed by atoms with Gasteiger partial charge in [0.25, 0.3) is 0 Å². The van der Waals surface area contributed by atoms with Crippen LogP contribution in [0, 0.1) is 0 Å². The van der Waals surface area contributed by atoms with E-state index in [1.807, 2.05) is 49.4 Å². The van der Waals surface area contributed by atoms with Crippen molar-refractivity contribution in [1.29, 1.82) is 0 Å². The fourth-order valence-corrected chi connectivity index (χ4v) is 3.04. The van der Waals surface area contributed by atoms with Gasteiger partial charge in [-0.25, -0.2) is 0 Å². The van der Waals surface area contributed by atoms with Crippen molar-refractivity contribution in [2.24, 2.45) is 0 Å². The van der Waals surface area contributed by atoms with Gasteiger partial charge in [0.15, 0.2) is 0 Å². The van der Waals surface area contributed by atoms with Crippen LogP contribution in [0.5, 0.6) is 0 Å². The van der Waals surface area contributed by atoms with Crippen LogP contribution < -0.4 is 0 Å². The Balaban J connectivity index is 2.38. The maximum atomic E-state index is 12.1. The van der Waals surface area contributed by atoms with Crippen molar-refractivity contribution in [1.82, 2.24) is 0 Å². The summed E-state index contributed by atoms with van der Waals surface area (Å²) in [4.78, 5) is 0.749. The molecule has 2 N–H and O–H groups in total. The average molecular weight is 308 g/mol. The molecule has 0 spiro atoms. The monoisotopic (exact) mass is 308 g/mol. The molecule has 0 bridgehead atoms. The van der Waals surface area contributed by atoms with Crippen LogP contribution in [0.15, 0.2) is 59.0 Å². The van der Waals surface area contributed by atoms with Gasteiger partial charge in [0.05, 0.1) is 29.3 Å². The topological polar surface area (TPSA) is 57.5 Å². The molecule has 0 amide bonds. The summed E-state index contributed by atoms with van der Waals surface area (Å²) < 4.78 is 12.1. The number of benzene rings is 1. The molecule has 0 aromatic heterocycles. The van der Waals surface area contributed by atoms with Crippen LogP contribution in [0.1, 0.15) is 26.2 Å². The highest BCUT2D eigenvalue weighted by Crippen LogP contribution is 2.12. The van der Waals surface area contributed by atoms with Crippen molar-refractivity contribution >= 4 is 10.8 Å². The minimum absolute atomic E-state index is 0.0822. The molecule has 2 unspecified atom stereocenters. The Hall–Kier alpha value is -1.23. The van der Waals surface area contributed by atoms with Gasteiger partial charge in [0.1, 0.15) is 0 Å². The largest absolute Gasteiger partial charge is 0.392 e. The second kappa shape index (κ2) is 10.5. The van der Waals surface area contributed by atoms with Gasteiger partial charge < -0.3 is 10.2 Å². The van der Waals surface area contributed by atoms with Crippen LogP contribution in [-0.2, 0) is 10.8 Å². The molecule has 0 heterocycles. The Morgan fingerprint density at radius 3 is 2.62 bits per heavy atom. The lowest BCUT2D eigenvalue weighted by Gasteiger charge is -2.11. The summed E-state index contributed by atoms with van der Waals surface area (Å²) in [5.41, 5.74) is 0.866. The lowest BCUT2D eigenvalue weighted by Crippen LogP contribution is -2.18. The number of aliphatic hydroxyl groups is 2. The molecule has 1 aromatic carbocycles. The van der Waals surface area contributed by atoms with E-state index in [9.17, 15) is 9.32 Å². The smallest absolute Gasteiger partial charge is 0.0866 e. The fourth-order valence-electron chi connectivity index (χ4n) is 1.84. The van der Waals surface area contributed by atoms with Gasteiger partial charge in [-0.05, 0) is 43.9 Å². The van der Waals surface area contributed by atoms with Crippen LogP contribution >= 0.6 is 0 Å². The molecule has 1 rings (SSSR count). The molecule has 0 radical (unpaired) electrons. The highest BCUT2D eigenvalue weighted by molar-refractivity contribution is 7.85. The molecule has 0 fully saturated rings. The first-order valence-electron chi connectivity index (χ1n) is 7.19. The highest BCUT2D eigenvalue weighted by Gasteiger charge is 2.12. The quantitative estimate of drug-likeness (QED) is 0.545. The third-order valence-corrected chi connectivity index (χ3v) is 4.57. The SMILES string of the molecule is C/C(=C\CCC/C=C/CO)C(O)CS(=O)c1ccccc1. The lowest BCUT2D eigenvalue weighted by molar-refractivity contribution is 0.234. The van der Waals surface area contributed by atoms with Gasteiger partial charge in [-0.3, -0.25) is 4.21 Å². The third-order valence-electron chi connectivity index (χ3n) is 3.15. The van der Waals surface area contributed by atoms with E-state index in [0.29, 0.717) is 0 Å². The van der Waals surface area contributed by atoms with Gasteiger partial charge in [-0.1, -0.05) is 36.4 Å².